The Balaban J connectivity index is 1.37. The monoisotopic (exact) mass is 444 g/mol. The molecule has 2 aliphatic heterocycles. The molecule has 166 valence electrons. The van der Waals surface area contributed by atoms with Crippen molar-refractivity contribution in [1.82, 2.24) is 29.9 Å². The Morgan fingerprint density at radius 3 is 2.53 bits per heavy atom. The third-order valence-electron chi connectivity index (χ3n) is 5.94. The van der Waals surface area contributed by atoms with Gasteiger partial charge in [-0.3, -0.25) is 4.79 Å². The maximum atomic E-state index is 13.5. The second kappa shape index (κ2) is 7.88. The van der Waals surface area contributed by atoms with Crippen LogP contribution < -0.4 is 4.74 Å². The Labute approximate surface area is 181 Å². The number of hydrogen-bond acceptors (Lipinski definition) is 6. The minimum absolute atomic E-state index is 0.0177. The van der Waals surface area contributed by atoms with Crippen molar-refractivity contribution < 1.29 is 22.7 Å². The zero-order chi connectivity index (χ0) is 22.3. The van der Waals surface area contributed by atoms with E-state index in [9.17, 15) is 18.0 Å². The van der Waals surface area contributed by atoms with Gasteiger partial charge in [-0.1, -0.05) is 12.1 Å². The van der Waals surface area contributed by atoms with Crippen LogP contribution in [0.1, 0.15) is 35.3 Å². The average molecular weight is 444 g/mol. The quantitative estimate of drug-likeness (QED) is 0.615. The first-order chi connectivity index (χ1) is 15.4. The molecule has 2 bridgehead atoms. The van der Waals surface area contributed by atoms with Gasteiger partial charge in [0.05, 0.1) is 42.1 Å². The maximum Gasteiger partial charge on any atom is 0.434 e. The third-order valence-corrected chi connectivity index (χ3v) is 5.94. The van der Waals surface area contributed by atoms with Crippen LogP contribution >= 0.6 is 0 Å². The fourth-order valence-corrected chi connectivity index (χ4v) is 4.49. The molecule has 1 aromatic carbocycles. The molecule has 3 fully saturated rings. The molecular weight excluding hydrogens is 425 g/mol. The van der Waals surface area contributed by atoms with Crippen molar-refractivity contribution in [1.29, 1.82) is 0 Å². The average Bonchev–Trinajstić information content (AvgIpc) is 3.33. The summed E-state index contributed by atoms with van der Waals surface area (Å²) in [6, 6.07) is 6.90. The molecule has 1 saturated carbocycles. The van der Waals surface area contributed by atoms with Gasteiger partial charge in [-0.25, -0.2) is 9.97 Å². The molecule has 8 nitrogen and oxygen atoms in total. The van der Waals surface area contributed by atoms with Crippen LogP contribution in [0.25, 0.3) is 5.69 Å². The summed E-state index contributed by atoms with van der Waals surface area (Å²) < 4.78 is 44.1. The molecule has 4 heterocycles. The molecular formula is C21H19F3N6O2. The lowest BCUT2D eigenvalue weighted by atomic mass is 9.77. The smallest absolute Gasteiger partial charge is 0.434 e. The van der Waals surface area contributed by atoms with Gasteiger partial charge in [-0.05, 0) is 37.3 Å². The van der Waals surface area contributed by atoms with Gasteiger partial charge in [-0.15, -0.1) is 0 Å². The number of fused-ring (bicyclic) bond motifs is 3. The topological polar surface area (TPSA) is 86.0 Å². The predicted octanol–water partition coefficient (Wildman–Crippen LogP) is 3.15. The zero-order valence-corrected chi connectivity index (χ0v) is 16.8. The SMILES string of the molecule is O=C(c1ccccc1-n1nccn1)N1C[C@H]2CC[C@H]1[C@H](Oc1cnc(C(F)(F)F)cn1)C2. The normalized spacial score (nSPS) is 22.7. The van der Waals surface area contributed by atoms with Gasteiger partial charge in [0.1, 0.15) is 6.10 Å². The van der Waals surface area contributed by atoms with Crippen molar-refractivity contribution in [3.63, 3.8) is 0 Å². The molecule has 3 aromatic rings. The zero-order valence-electron chi connectivity index (χ0n) is 16.8. The number of carbonyl (C=O) groups is 1. The number of rotatable bonds is 4. The number of hydrogen-bond donors (Lipinski definition) is 0. The molecule has 3 aliphatic rings. The van der Waals surface area contributed by atoms with Gasteiger partial charge in [-0.2, -0.15) is 28.2 Å². The molecule has 0 radical (unpaired) electrons. The Kier molecular flexibility index (Phi) is 5.03. The number of benzene rings is 1. The first-order valence-electron chi connectivity index (χ1n) is 10.2. The van der Waals surface area contributed by atoms with E-state index >= 15 is 0 Å². The molecule has 0 spiro atoms. The number of para-hydroxylation sites is 1. The molecule has 3 atom stereocenters. The third kappa shape index (κ3) is 3.78. The van der Waals surface area contributed by atoms with Gasteiger partial charge in [0.25, 0.3) is 5.91 Å². The standard InChI is InChI=1S/C21H19F3N6O2/c22-21(23,24)18-10-26-19(11-25-18)32-17-9-13-5-6-16(17)29(12-13)20(31)14-3-1-2-4-15(14)30-27-7-8-28-30/h1-4,7-8,10-11,13,16-17H,5-6,9,12H2/t13-,16-,17+/m0/s1. The van der Waals surface area contributed by atoms with E-state index in [0.717, 1.165) is 19.0 Å². The molecule has 2 aromatic heterocycles. The van der Waals surface area contributed by atoms with Crippen LogP contribution in [0, 0.1) is 5.92 Å². The van der Waals surface area contributed by atoms with E-state index in [-0.39, 0.29) is 29.9 Å². The Bertz CT molecular complexity index is 1100. The minimum Gasteiger partial charge on any atom is -0.471 e. The van der Waals surface area contributed by atoms with Crippen LogP contribution in [0.15, 0.2) is 49.1 Å². The number of piperidine rings is 2. The van der Waals surface area contributed by atoms with Crippen molar-refractivity contribution in [3.8, 4) is 11.6 Å². The number of amides is 1. The predicted molar refractivity (Wildman–Crippen MR) is 105 cm³/mol. The molecule has 1 aliphatic carbocycles. The molecule has 0 N–H and O–H groups in total. The minimum atomic E-state index is -4.56. The van der Waals surface area contributed by atoms with E-state index in [2.05, 4.69) is 20.2 Å². The highest BCUT2D eigenvalue weighted by molar-refractivity contribution is 5.98. The van der Waals surface area contributed by atoms with E-state index in [1.54, 1.807) is 35.5 Å². The van der Waals surface area contributed by atoms with Gasteiger partial charge in [0.15, 0.2) is 5.69 Å². The number of ether oxygens (including phenoxy) is 1. The highest BCUT2D eigenvalue weighted by Gasteiger charge is 2.45. The van der Waals surface area contributed by atoms with Gasteiger partial charge >= 0.3 is 6.18 Å². The summed E-state index contributed by atoms with van der Waals surface area (Å²) >= 11 is 0. The summed E-state index contributed by atoms with van der Waals surface area (Å²) in [7, 11) is 0. The lowest BCUT2D eigenvalue weighted by Crippen LogP contribution is -2.59. The summed E-state index contributed by atoms with van der Waals surface area (Å²) in [6.07, 6.45) is 2.22. The molecule has 32 heavy (non-hydrogen) atoms. The summed E-state index contributed by atoms with van der Waals surface area (Å²) in [5.41, 5.74) is -0.0185. The molecule has 11 heteroatoms. The van der Waals surface area contributed by atoms with Gasteiger partial charge in [0, 0.05) is 6.54 Å². The van der Waals surface area contributed by atoms with E-state index in [1.165, 1.54) is 4.80 Å². The Morgan fingerprint density at radius 1 is 1.06 bits per heavy atom. The molecule has 2 saturated heterocycles. The van der Waals surface area contributed by atoms with Crippen LogP contribution in [-0.2, 0) is 6.18 Å². The highest BCUT2D eigenvalue weighted by Crippen LogP contribution is 2.38. The van der Waals surface area contributed by atoms with Crippen LogP contribution in [0.4, 0.5) is 13.2 Å². The first-order valence-corrected chi connectivity index (χ1v) is 10.2. The van der Waals surface area contributed by atoms with Gasteiger partial charge in [0.2, 0.25) is 5.88 Å². The molecule has 1 amide bonds. The number of halogens is 3. The Hall–Kier alpha value is -3.50. The van der Waals surface area contributed by atoms with Crippen LogP contribution in [0.5, 0.6) is 5.88 Å². The number of alkyl halides is 3. The number of nitrogens with zero attached hydrogens (tertiary/aromatic N) is 6. The second-order valence-corrected chi connectivity index (χ2v) is 7.93. The second-order valence-electron chi connectivity index (χ2n) is 7.93. The van der Waals surface area contributed by atoms with Crippen LogP contribution in [-0.4, -0.2) is 54.5 Å². The Morgan fingerprint density at radius 2 is 1.84 bits per heavy atom. The summed E-state index contributed by atoms with van der Waals surface area (Å²) in [6.45, 7) is 0.600. The van der Waals surface area contributed by atoms with Crippen molar-refractivity contribution in [2.75, 3.05) is 6.54 Å². The molecule has 6 rings (SSSR count). The van der Waals surface area contributed by atoms with E-state index in [1.807, 2.05) is 6.07 Å². The van der Waals surface area contributed by atoms with E-state index < -0.39 is 11.9 Å². The van der Waals surface area contributed by atoms with Crippen molar-refractivity contribution >= 4 is 5.91 Å². The lowest BCUT2D eigenvalue weighted by molar-refractivity contribution is -0.141. The van der Waals surface area contributed by atoms with Crippen molar-refractivity contribution in [3.05, 3.63) is 60.3 Å². The first kappa shape index (κ1) is 20.4. The number of carbonyl (C=O) groups excluding carboxylic acids is 1. The molecule has 0 unspecified atom stereocenters. The fourth-order valence-electron chi connectivity index (χ4n) is 4.49. The highest BCUT2D eigenvalue weighted by atomic mass is 19.4. The van der Waals surface area contributed by atoms with Gasteiger partial charge < -0.3 is 9.64 Å². The summed E-state index contributed by atoms with van der Waals surface area (Å²) in [5.74, 6) is 0.106. The van der Waals surface area contributed by atoms with Crippen molar-refractivity contribution in [2.24, 2.45) is 5.92 Å². The van der Waals surface area contributed by atoms with Crippen LogP contribution in [0.2, 0.25) is 0 Å². The van der Waals surface area contributed by atoms with E-state index in [0.29, 0.717) is 30.4 Å². The summed E-state index contributed by atoms with van der Waals surface area (Å²) in [4.78, 5) is 23.9. The lowest BCUT2D eigenvalue weighted by Gasteiger charge is -2.49. The largest absolute Gasteiger partial charge is 0.471 e. The summed E-state index contributed by atoms with van der Waals surface area (Å²) in [5, 5.41) is 8.27. The number of aromatic nitrogens is 5. The fraction of sp³-hybridized carbons (Fsp3) is 0.381. The van der Waals surface area contributed by atoms with E-state index in [4.69, 9.17) is 4.74 Å². The van der Waals surface area contributed by atoms with Crippen LogP contribution in [0.3, 0.4) is 0 Å². The van der Waals surface area contributed by atoms with Crippen molar-refractivity contribution in [2.45, 2.75) is 37.6 Å². The maximum absolute atomic E-state index is 13.5.